The molecule has 1 unspecified atom stereocenters. The van der Waals surface area contributed by atoms with Gasteiger partial charge in [0, 0.05) is 44.1 Å². The number of hydrogen-bond donors (Lipinski definition) is 1. The van der Waals surface area contributed by atoms with Crippen LogP contribution in [-0.4, -0.2) is 48.1 Å². The fourth-order valence-electron chi connectivity index (χ4n) is 2.94. The second kappa shape index (κ2) is 6.43. The lowest BCUT2D eigenvalue weighted by Gasteiger charge is -2.37. The molecule has 3 rings (SSSR count). The molecule has 5 heteroatoms. The van der Waals surface area contributed by atoms with Crippen molar-refractivity contribution in [1.29, 1.82) is 0 Å². The second-order valence-corrected chi connectivity index (χ2v) is 6.02. The summed E-state index contributed by atoms with van der Waals surface area (Å²) in [6.07, 6.45) is 3.68. The first kappa shape index (κ1) is 14.3. The molecular weight excluding hydrogens is 266 g/mol. The SMILES string of the molecule is CC(C(=O)N1CCC(Oc2ccccn2)CC1)C1CNC1. The van der Waals surface area contributed by atoms with Crippen molar-refractivity contribution in [3.8, 4) is 5.88 Å². The van der Waals surface area contributed by atoms with Crippen molar-refractivity contribution in [2.45, 2.75) is 25.9 Å². The third kappa shape index (κ3) is 3.35. The normalized spacial score (nSPS) is 21.7. The summed E-state index contributed by atoms with van der Waals surface area (Å²) >= 11 is 0. The van der Waals surface area contributed by atoms with Crippen LogP contribution in [0.2, 0.25) is 0 Å². The lowest BCUT2D eigenvalue weighted by Crippen LogP contribution is -2.52. The van der Waals surface area contributed by atoms with Crippen molar-refractivity contribution in [3.05, 3.63) is 24.4 Å². The van der Waals surface area contributed by atoms with E-state index in [0.29, 0.717) is 17.7 Å². The molecule has 0 aliphatic carbocycles. The Labute approximate surface area is 125 Å². The van der Waals surface area contributed by atoms with E-state index in [1.54, 1.807) is 6.20 Å². The van der Waals surface area contributed by atoms with E-state index >= 15 is 0 Å². The molecule has 2 aliphatic rings. The molecule has 1 atom stereocenters. The second-order valence-electron chi connectivity index (χ2n) is 6.02. The van der Waals surface area contributed by atoms with E-state index < -0.39 is 0 Å². The van der Waals surface area contributed by atoms with Gasteiger partial charge in [0.15, 0.2) is 0 Å². The Kier molecular flexibility index (Phi) is 4.39. The summed E-state index contributed by atoms with van der Waals surface area (Å²) in [4.78, 5) is 18.6. The van der Waals surface area contributed by atoms with Crippen LogP contribution in [0.4, 0.5) is 0 Å². The highest BCUT2D eigenvalue weighted by Gasteiger charge is 2.33. The number of aromatic nitrogens is 1. The number of carbonyl (C=O) groups excluding carboxylic acids is 1. The zero-order valence-electron chi connectivity index (χ0n) is 12.5. The summed E-state index contributed by atoms with van der Waals surface area (Å²) in [6, 6.07) is 5.68. The maximum Gasteiger partial charge on any atom is 0.225 e. The standard InChI is InChI=1S/C16H23N3O2/c1-12(13-10-17-11-13)16(20)19-8-5-14(6-9-19)21-15-4-2-3-7-18-15/h2-4,7,12-14,17H,5-6,8-11H2,1H3. The molecule has 0 spiro atoms. The summed E-state index contributed by atoms with van der Waals surface area (Å²) in [5, 5.41) is 3.24. The van der Waals surface area contributed by atoms with Gasteiger partial charge in [0.05, 0.1) is 0 Å². The van der Waals surface area contributed by atoms with Crippen LogP contribution in [0.1, 0.15) is 19.8 Å². The Hall–Kier alpha value is -1.62. The monoisotopic (exact) mass is 289 g/mol. The molecule has 1 aromatic heterocycles. The van der Waals surface area contributed by atoms with Gasteiger partial charge in [-0.15, -0.1) is 0 Å². The van der Waals surface area contributed by atoms with E-state index in [1.807, 2.05) is 23.1 Å². The predicted molar refractivity (Wildman–Crippen MR) is 80.0 cm³/mol. The third-order valence-corrected chi connectivity index (χ3v) is 4.59. The van der Waals surface area contributed by atoms with Crippen LogP contribution in [0.5, 0.6) is 5.88 Å². The molecule has 0 aromatic carbocycles. The first-order valence-electron chi connectivity index (χ1n) is 7.81. The molecule has 3 heterocycles. The zero-order chi connectivity index (χ0) is 14.7. The Bertz CT molecular complexity index is 468. The molecule has 0 saturated carbocycles. The maximum absolute atomic E-state index is 12.4. The van der Waals surface area contributed by atoms with Crippen molar-refractivity contribution < 1.29 is 9.53 Å². The van der Waals surface area contributed by atoms with Gasteiger partial charge >= 0.3 is 0 Å². The van der Waals surface area contributed by atoms with Crippen LogP contribution in [0, 0.1) is 11.8 Å². The van der Waals surface area contributed by atoms with Gasteiger partial charge in [0.25, 0.3) is 0 Å². The number of pyridine rings is 1. The van der Waals surface area contributed by atoms with Crippen molar-refractivity contribution in [3.63, 3.8) is 0 Å². The number of carbonyl (C=O) groups is 1. The van der Waals surface area contributed by atoms with E-state index in [2.05, 4.69) is 17.2 Å². The van der Waals surface area contributed by atoms with Gasteiger partial charge in [-0.25, -0.2) is 4.98 Å². The summed E-state index contributed by atoms with van der Waals surface area (Å²) < 4.78 is 5.86. The van der Waals surface area contributed by atoms with Gasteiger partial charge in [0.2, 0.25) is 11.8 Å². The average Bonchev–Trinajstić information content (AvgIpc) is 2.46. The number of likely N-dealkylation sites (tertiary alicyclic amines) is 1. The van der Waals surface area contributed by atoms with Crippen molar-refractivity contribution in [2.24, 2.45) is 11.8 Å². The molecule has 2 fully saturated rings. The Morgan fingerprint density at radius 3 is 2.71 bits per heavy atom. The van der Waals surface area contributed by atoms with Crippen molar-refractivity contribution in [2.75, 3.05) is 26.2 Å². The van der Waals surface area contributed by atoms with Crippen LogP contribution >= 0.6 is 0 Å². The lowest BCUT2D eigenvalue weighted by atomic mass is 9.87. The molecule has 1 aromatic rings. The minimum Gasteiger partial charge on any atom is -0.474 e. The molecule has 1 N–H and O–H groups in total. The molecule has 5 nitrogen and oxygen atoms in total. The molecule has 0 radical (unpaired) electrons. The maximum atomic E-state index is 12.4. The van der Waals surface area contributed by atoms with Crippen LogP contribution in [0.25, 0.3) is 0 Å². The number of nitrogens with one attached hydrogen (secondary N) is 1. The number of ether oxygens (including phenoxy) is 1. The molecular formula is C16H23N3O2. The summed E-state index contributed by atoms with van der Waals surface area (Å²) in [6.45, 7) is 5.60. The first-order valence-corrected chi connectivity index (χ1v) is 7.81. The minimum atomic E-state index is 0.138. The van der Waals surface area contributed by atoms with Gasteiger partial charge in [-0.05, 0) is 25.1 Å². The Morgan fingerprint density at radius 1 is 1.38 bits per heavy atom. The van der Waals surface area contributed by atoms with E-state index in [9.17, 15) is 4.79 Å². The quantitative estimate of drug-likeness (QED) is 0.908. The first-order chi connectivity index (χ1) is 10.2. The highest BCUT2D eigenvalue weighted by Crippen LogP contribution is 2.22. The van der Waals surface area contributed by atoms with Gasteiger partial charge < -0.3 is 15.0 Å². The average molecular weight is 289 g/mol. The zero-order valence-corrected chi connectivity index (χ0v) is 12.5. The summed E-state index contributed by atoms with van der Waals surface area (Å²) in [7, 11) is 0. The molecule has 2 saturated heterocycles. The van der Waals surface area contributed by atoms with Gasteiger partial charge in [0.1, 0.15) is 6.10 Å². The molecule has 21 heavy (non-hydrogen) atoms. The van der Waals surface area contributed by atoms with E-state index in [-0.39, 0.29) is 12.0 Å². The van der Waals surface area contributed by atoms with E-state index in [1.165, 1.54) is 0 Å². The van der Waals surface area contributed by atoms with Gasteiger partial charge in [-0.3, -0.25) is 4.79 Å². The molecule has 1 amide bonds. The fourth-order valence-corrected chi connectivity index (χ4v) is 2.94. The van der Waals surface area contributed by atoms with Crippen LogP contribution in [-0.2, 0) is 4.79 Å². The number of hydrogen-bond acceptors (Lipinski definition) is 4. The van der Waals surface area contributed by atoms with E-state index in [0.717, 1.165) is 39.0 Å². The minimum absolute atomic E-state index is 0.138. The topological polar surface area (TPSA) is 54.5 Å². The Balaban J connectivity index is 1.47. The number of piperidine rings is 1. The summed E-state index contributed by atoms with van der Waals surface area (Å²) in [5.41, 5.74) is 0. The highest BCUT2D eigenvalue weighted by molar-refractivity contribution is 5.79. The van der Waals surface area contributed by atoms with Gasteiger partial charge in [-0.1, -0.05) is 13.0 Å². The fraction of sp³-hybridized carbons (Fsp3) is 0.625. The van der Waals surface area contributed by atoms with Crippen LogP contribution in [0.15, 0.2) is 24.4 Å². The highest BCUT2D eigenvalue weighted by atomic mass is 16.5. The molecule has 0 bridgehead atoms. The molecule has 2 aliphatic heterocycles. The third-order valence-electron chi connectivity index (χ3n) is 4.59. The summed E-state index contributed by atoms with van der Waals surface area (Å²) in [5.74, 6) is 1.63. The number of nitrogens with zero attached hydrogens (tertiary/aromatic N) is 2. The number of amides is 1. The van der Waals surface area contributed by atoms with Gasteiger partial charge in [-0.2, -0.15) is 0 Å². The van der Waals surface area contributed by atoms with Crippen molar-refractivity contribution >= 4 is 5.91 Å². The van der Waals surface area contributed by atoms with Crippen LogP contribution < -0.4 is 10.1 Å². The molecule has 114 valence electrons. The number of rotatable bonds is 4. The van der Waals surface area contributed by atoms with Crippen molar-refractivity contribution in [1.82, 2.24) is 15.2 Å². The predicted octanol–water partition coefficient (Wildman–Crippen LogP) is 1.31. The van der Waals surface area contributed by atoms with E-state index in [4.69, 9.17) is 4.74 Å². The Morgan fingerprint density at radius 2 is 2.14 bits per heavy atom. The largest absolute Gasteiger partial charge is 0.474 e. The lowest BCUT2D eigenvalue weighted by molar-refractivity contribution is -0.139. The van der Waals surface area contributed by atoms with Crippen LogP contribution in [0.3, 0.4) is 0 Å². The smallest absolute Gasteiger partial charge is 0.225 e.